The van der Waals surface area contributed by atoms with Gasteiger partial charge in [-0.2, -0.15) is 0 Å². The second kappa shape index (κ2) is 4.90. The Morgan fingerprint density at radius 3 is 2.53 bits per heavy atom. The zero-order chi connectivity index (χ0) is 10.7. The SMILES string of the molecule is BrCc1cn(Cc2ccc(Br)cc2)nn1. The van der Waals surface area contributed by atoms with Crippen molar-refractivity contribution in [2.45, 2.75) is 11.9 Å². The molecule has 2 aromatic rings. The highest BCUT2D eigenvalue weighted by Gasteiger charge is 1.99. The third-order valence-corrected chi connectivity index (χ3v) is 3.08. The van der Waals surface area contributed by atoms with E-state index in [1.807, 2.05) is 23.0 Å². The van der Waals surface area contributed by atoms with Crippen LogP contribution >= 0.6 is 31.9 Å². The Morgan fingerprint density at radius 2 is 1.93 bits per heavy atom. The summed E-state index contributed by atoms with van der Waals surface area (Å²) < 4.78 is 2.92. The van der Waals surface area contributed by atoms with E-state index in [1.165, 1.54) is 5.56 Å². The van der Waals surface area contributed by atoms with E-state index in [9.17, 15) is 0 Å². The molecule has 0 saturated heterocycles. The lowest BCUT2D eigenvalue weighted by molar-refractivity contribution is 0.649. The van der Waals surface area contributed by atoms with Crippen LogP contribution < -0.4 is 0 Å². The molecule has 0 fully saturated rings. The van der Waals surface area contributed by atoms with Crippen molar-refractivity contribution in [1.29, 1.82) is 0 Å². The molecular formula is C10H9Br2N3. The average Bonchev–Trinajstić information content (AvgIpc) is 2.69. The first-order chi connectivity index (χ1) is 7.28. The number of hydrogen-bond donors (Lipinski definition) is 0. The maximum absolute atomic E-state index is 4.03. The van der Waals surface area contributed by atoms with Crippen LogP contribution in [0.1, 0.15) is 11.3 Å². The van der Waals surface area contributed by atoms with E-state index in [4.69, 9.17) is 0 Å². The van der Waals surface area contributed by atoms with Crippen LogP contribution in [0.2, 0.25) is 0 Å². The van der Waals surface area contributed by atoms with E-state index in [0.29, 0.717) is 0 Å². The van der Waals surface area contributed by atoms with Gasteiger partial charge in [0.2, 0.25) is 0 Å². The number of nitrogens with zero attached hydrogens (tertiary/aromatic N) is 3. The molecular weight excluding hydrogens is 322 g/mol. The molecule has 0 amide bonds. The summed E-state index contributed by atoms with van der Waals surface area (Å²) in [6, 6.07) is 8.19. The van der Waals surface area contributed by atoms with Crippen molar-refractivity contribution in [3.05, 3.63) is 46.2 Å². The number of aromatic nitrogens is 3. The van der Waals surface area contributed by atoms with Gasteiger partial charge in [0.15, 0.2) is 0 Å². The summed E-state index contributed by atoms with van der Waals surface area (Å²) in [5.41, 5.74) is 2.16. The van der Waals surface area contributed by atoms with Crippen LogP contribution in [-0.4, -0.2) is 15.0 Å². The fourth-order valence-electron chi connectivity index (χ4n) is 1.25. The molecule has 0 atom stereocenters. The first-order valence-electron chi connectivity index (χ1n) is 4.47. The standard InChI is InChI=1S/C10H9Br2N3/c11-5-10-7-15(14-13-10)6-8-1-3-9(12)4-2-8/h1-4,7H,5-6H2. The molecule has 0 unspecified atom stereocenters. The van der Waals surface area contributed by atoms with Gasteiger partial charge in [0, 0.05) is 16.0 Å². The van der Waals surface area contributed by atoms with Crippen LogP contribution in [0.4, 0.5) is 0 Å². The molecule has 1 heterocycles. The highest BCUT2D eigenvalue weighted by atomic mass is 79.9. The van der Waals surface area contributed by atoms with Gasteiger partial charge < -0.3 is 0 Å². The molecule has 0 bridgehead atoms. The molecule has 78 valence electrons. The Kier molecular flexibility index (Phi) is 3.53. The fourth-order valence-corrected chi connectivity index (χ4v) is 1.78. The third-order valence-electron chi connectivity index (χ3n) is 1.98. The molecule has 15 heavy (non-hydrogen) atoms. The molecule has 5 heteroatoms. The van der Waals surface area contributed by atoms with Crippen LogP contribution in [0, 0.1) is 0 Å². The van der Waals surface area contributed by atoms with Crippen LogP contribution in [0.15, 0.2) is 34.9 Å². The molecule has 0 N–H and O–H groups in total. The predicted molar refractivity (Wildman–Crippen MR) is 65.9 cm³/mol. The molecule has 0 aliphatic heterocycles. The number of benzene rings is 1. The molecule has 2 rings (SSSR count). The van der Waals surface area contributed by atoms with E-state index in [0.717, 1.165) is 22.0 Å². The van der Waals surface area contributed by atoms with Gasteiger partial charge in [0.05, 0.1) is 12.2 Å². The molecule has 0 saturated carbocycles. The van der Waals surface area contributed by atoms with Crippen molar-refractivity contribution in [3.8, 4) is 0 Å². The lowest BCUT2D eigenvalue weighted by Gasteiger charge is -2.00. The monoisotopic (exact) mass is 329 g/mol. The number of hydrogen-bond acceptors (Lipinski definition) is 2. The molecule has 1 aromatic carbocycles. The maximum Gasteiger partial charge on any atom is 0.0932 e. The topological polar surface area (TPSA) is 30.7 Å². The molecule has 3 nitrogen and oxygen atoms in total. The van der Waals surface area contributed by atoms with Gasteiger partial charge >= 0.3 is 0 Å². The molecule has 0 aliphatic carbocycles. The summed E-state index contributed by atoms with van der Waals surface area (Å²) in [5.74, 6) is 0. The van der Waals surface area contributed by atoms with Gasteiger partial charge in [-0.3, -0.25) is 0 Å². The smallest absolute Gasteiger partial charge is 0.0932 e. The normalized spacial score (nSPS) is 10.5. The third kappa shape index (κ3) is 2.89. The second-order valence-corrected chi connectivity index (χ2v) is 4.64. The van der Waals surface area contributed by atoms with E-state index >= 15 is 0 Å². The van der Waals surface area contributed by atoms with Crippen LogP contribution in [0.3, 0.4) is 0 Å². The minimum Gasteiger partial charge on any atom is -0.248 e. The van der Waals surface area contributed by atoms with Gasteiger partial charge in [-0.1, -0.05) is 49.2 Å². The largest absolute Gasteiger partial charge is 0.248 e. The summed E-state index contributed by atoms with van der Waals surface area (Å²) in [6.07, 6.45) is 1.94. The van der Waals surface area contributed by atoms with Gasteiger partial charge in [0.1, 0.15) is 0 Å². The Bertz CT molecular complexity index is 436. The van der Waals surface area contributed by atoms with Gasteiger partial charge in [-0.25, -0.2) is 4.68 Å². The van der Waals surface area contributed by atoms with E-state index in [2.05, 4.69) is 54.3 Å². The number of halogens is 2. The Morgan fingerprint density at radius 1 is 1.20 bits per heavy atom. The highest BCUT2D eigenvalue weighted by Crippen LogP contribution is 2.11. The van der Waals surface area contributed by atoms with Crippen molar-refractivity contribution in [1.82, 2.24) is 15.0 Å². The van der Waals surface area contributed by atoms with E-state index < -0.39 is 0 Å². The zero-order valence-electron chi connectivity index (χ0n) is 7.90. The number of alkyl halides is 1. The Labute approximate surface area is 105 Å². The second-order valence-electron chi connectivity index (χ2n) is 3.17. The van der Waals surface area contributed by atoms with Crippen molar-refractivity contribution in [3.63, 3.8) is 0 Å². The van der Waals surface area contributed by atoms with E-state index in [1.54, 1.807) is 0 Å². The minimum atomic E-state index is 0.743. The Balaban J connectivity index is 2.11. The van der Waals surface area contributed by atoms with Crippen LogP contribution in [0.25, 0.3) is 0 Å². The number of rotatable bonds is 3. The maximum atomic E-state index is 4.03. The average molecular weight is 331 g/mol. The zero-order valence-corrected chi connectivity index (χ0v) is 11.1. The van der Waals surface area contributed by atoms with Crippen molar-refractivity contribution < 1.29 is 0 Å². The van der Waals surface area contributed by atoms with E-state index in [-0.39, 0.29) is 0 Å². The molecule has 0 radical (unpaired) electrons. The van der Waals surface area contributed by atoms with Crippen molar-refractivity contribution in [2.75, 3.05) is 0 Å². The van der Waals surface area contributed by atoms with Gasteiger partial charge in [-0.15, -0.1) is 5.10 Å². The van der Waals surface area contributed by atoms with Gasteiger partial charge in [0.25, 0.3) is 0 Å². The lowest BCUT2D eigenvalue weighted by atomic mass is 10.2. The minimum absolute atomic E-state index is 0.743. The fraction of sp³-hybridized carbons (Fsp3) is 0.200. The quantitative estimate of drug-likeness (QED) is 0.810. The summed E-state index contributed by atoms with van der Waals surface area (Å²) in [6.45, 7) is 0.757. The van der Waals surface area contributed by atoms with Crippen molar-refractivity contribution in [2.24, 2.45) is 0 Å². The molecule has 0 spiro atoms. The van der Waals surface area contributed by atoms with Crippen LogP contribution in [0.5, 0.6) is 0 Å². The Hall–Kier alpha value is -0.680. The molecule has 0 aliphatic rings. The van der Waals surface area contributed by atoms with Gasteiger partial charge in [-0.05, 0) is 17.7 Å². The lowest BCUT2D eigenvalue weighted by Crippen LogP contribution is -1.99. The van der Waals surface area contributed by atoms with Crippen LogP contribution in [-0.2, 0) is 11.9 Å². The first kappa shape index (κ1) is 10.8. The van der Waals surface area contributed by atoms with Crippen molar-refractivity contribution >= 4 is 31.9 Å². The summed E-state index contributed by atoms with van der Waals surface area (Å²) in [4.78, 5) is 0. The summed E-state index contributed by atoms with van der Waals surface area (Å²) in [7, 11) is 0. The highest BCUT2D eigenvalue weighted by molar-refractivity contribution is 9.10. The summed E-state index contributed by atoms with van der Waals surface area (Å²) in [5, 5.41) is 8.78. The first-order valence-corrected chi connectivity index (χ1v) is 6.39. The molecule has 1 aromatic heterocycles. The summed E-state index contributed by atoms with van der Waals surface area (Å²) >= 11 is 6.75. The predicted octanol–water partition coefficient (Wildman–Crippen LogP) is 2.98.